The number of benzene rings is 1. The summed E-state index contributed by atoms with van der Waals surface area (Å²) in [6, 6.07) is 15.2. The number of likely N-dealkylation sites (N-methyl/N-ethyl adjacent to an activating group) is 1. The zero-order valence-corrected chi connectivity index (χ0v) is 16.8. The predicted octanol–water partition coefficient (Wildman–Crippen LogP) is 3.99. The molecular weight excluding hydrogens is 334 g/mol. The molecule has 0 saturated carbocycles. The van der Waals surface area contributed by atoms with E-state index >= 15 is 0 Å². The Bertz CT molecular complexity index is 752. The molecule has 1 saturated heterocycles. The summed E-state index contributed by atoms with van der Waals surface area (Å²) in [5.74, 6) is 0.225. The topological polar surface area (TPSA) is 36.4 Å². The van der Waals surface area contributed by atoms with Crippen molar-refractivity contribution >= 4 is 5.91 Å². The number of aromatic nitrogens is 1. The van der Waals surface area contributed by atoms with E-state index in [1.807, 2.05) is 18.7 Å². The molecule has 0 unspecified atom stereocenters. The maximum absolute atomic E-state index is 12.5. The maximum Gasteiger partial charge on any atom is 0.236 e. The lowest BCUT2D eigenvalue weighted by atomic mass is 10.1. The molecule has 1 amide bonds. The average molecular weight is 366 g/mol. The van der Waals surface area contributed by atoms with Gasteiger partial charge in [-0.3, -0.25) is 14.7 Å². The zero-order chi connectivity index (χ0) is 19.2. The second-order valence-electron chi connectivity index (χ2n) is 7.41. The first-order chi connectivity index (χ1) is 13.1. The minimum atomic E-state index is 0.225. The Labute approximate surface area is 163 Å². The first-order valence-electron chi connectivity index (χ1n) is 10.1. The average Bonchev–Trinajstić information content (AvgIpc) is 3.13. The number of amides is 1. The lowest BCUT2D eigenvalue weighted by Crippen LogP contribution is -2.40. The molecule has 1 aliphatic heterocycles. The second kappa shape index (κ2) is 9.14. The number of aryl methyl sites for hydroxylation is 1. The SMILES string of the molecule is CCN(CC)C(=O)CN1CCC[C@@H]1c1cccc(Cc2ccc(C)cc2)n1. The van der Waals surface area contributed by atoms with Gasteiger partial charge in [-0.25, -0.2) is 0 Å². The molecule has 27 heavy (non-hydrogen) atoms. The summed E-state index contributed by atoms with van der Waals surface area (Å²) in [6.07, 6.45) is 3.05. The van der Waals surface area contributed by atoms with Crippen LogP contribution in [0.4, 0.5) is 0 Å². The minimum absolute atomic E-state index is 0.225. The first kappa shape index (κ1) is 19.6. The molecule has 0 radical (unpaired) electrons. The van der Waals surface area contributed by atoms with Crippen molar-refractivity contribution in [3.8, 4) is 0 Å². The van der Waals surface area contributed by atoms with Crippen LogP contribution in [0.2, 0.25) is 0 Å². The summed E-state index contributed by atoms with van der Waals surface area (Å²) in [5, 5.41) is 0. The molecule has 1 fully saturated rings. The van der Waals surface area contributed by atoms with Gasteiger partial charge in [-0.2, -0.15) is 0 Å². The van der Waals surface area contributed by atoms with Gasteiger partial charge < -0.3 is 4.90 Å². The fraction of sp³-hybridized carbons (Fsp3) is 0.478. The van der Waals surface area contributed by atoms with Gasteiger partial charge in [0, 0.05) is 25.2 Å². The molecule has 2 aromatic rings. The van der Waals surface area contributed by atoms with Crippen LogP contribution in [0.25, 0.3) is 0 Å². The molecule has 4 heteroatoms. The number of likely N-dealkylation sites (tertiary alicyclic amines) is 1. The van der Waals surface area contributed by atoms with Crippen LogP contribution in [0, 0.1) is 6.92 Å². The molecule has 4 nitrogen and oxygen atoms in total. The standard InChI is InChI=1S/C23H31N3O/c1-4-25(5-2)23(27)17-26-15-7-10-22(26)21-9-6-8-20(24-21)16-19-13-11-18(3)12-14-19/h6,8-9,11-14,22H,4-5,7,10,15-17H2,1-3H3/t22-/m1/s1. The summed E-state index contributed by atoms with van der Waals surface area (Å²) in [5.41, 5.74) is 4.76. The summed E-state index contributed by atoms with van der Waals surface area (Å²) in [6.45, 7) is 9.21. The van der Waals surface area contributed by atoms with Crippen LogP contribution in [-0.4, -0.2) is 46.9 Å². The molecule has 144 valence electrons. The van der Waals surface area contributed by atoms with Crippen LogP contribution >= 0.6 is 0 Å². The molecule has 1 aromatic carbocycles. The van der Waals surface area contributed by atoms with Crippen molar-refractivity contribution in [1.82, 2.24) is 14.8 Å². The van der Waals surface area contributed by atoms with Gasteiger partial charge >= 0.3 is 0 Å². The highest BCUT2D eigenvalue weighted by Crippen LogP contribution is 2.30. The third kappa shape index (κ3) is 4.95. The third-order valence-corrected chi connectivity index (χ3v) is 5.49. The van der Waals surface area contributed by atoms with E-state index in [4.69, 9.17) is 4.98 Å². The Morgan fingerprint density at radius 1 is 1.15 bits per heavy atom. The van der Waals surface area contributed by atoms with Gasteiger partial charge in [-0.1, -0.05) is 35.9 Å². The summed E-state index contributed by atoms with van der Waals surface area (Å²) in [7, 11) is 0. The number of carbonyl (C=O) groups is 1. The van der Waals surface area contributed by atoms with E-state index in [1.54, 1.807) is 0 Å². The summed E-state index contributed by atoms with van der Waals surface area (Å²) >= 11 is 0. The molecule has 0 spiro atoms. The van der Waals surface area contributed by atoms with Gasteiger partial charge in [0.15, 0.2) is 0 Å². The minimum Gasteiger partial charge on any atom is -0.342 e. The molecule has 0 N–H and O–H groups in total. The van der Waals surface area contributed by atoms with E-state index in [-0.39, 0.29) is 11.9 Å². The van der Waals surface area contributed by atoms with E-state index in [2.05, 4.69) is 54.3 Å². The molecule has 1 aromatic heterocycles. The van der Waals surface area contributed by atoms with Gasteiger partial charge in [0.1, 0.15) is 0 Å². The highest BCUT2D eigenvalue weighted by Gasteiger charge is 2.29. The third-order valence-electron chi connectivity index (χ3n) is 5.49. The van der Waals surface area contributed by atoms with Crippen LogP contribution in [0.3, 0.4) is 0 Å². The normalized spacial score (nSPS) is 17.2. The molecular formula is C23H31N3O. The van der Waals surface area contributed by atoms with Crippen LogP contribution in [0.15, 0.2) is 42.5 Å². The van der Waals surface area contributed by atoms with Crippen LogP contribution < -0.4 is 0 Å². The largest absolute Gasteiger partial charge is 0.342 e. The van der Waals surface area contributed by atoms with Gasteiger partial charge in [-0.15, -0.1) is 0 Å². The Hall–Kier alpha value is -2.20. The van der Waals surface area contributed by atoms with Crippen molar-refractivity contribution in [3.05, 3.63) is 65.0 Å². The molecule has 1 aliphatic rings. The number of rotatable bonds is 7. The highest BCUT2D eigenvalue weighted by molar-refractivity contribution is 5.78. The number of nitrogens with zero attached hydrogens (tertiary/aromatic N) is 3. The van der Waals surface area contributed by atoms with Crippen molar-refractivity contribution in [2.24, 2.45) is 0 Å². The number of pyridine rings is 1. The van der Waals surface area contributed by atoms with E-state index in [9.17, 15) is 4.79 Å². The van der Waals surface area contributed by atoms with E-state index < -0.39 is 0 Å². The fourth-order valence-corrected chi connectivity index (χ4v) is 3.90. The Morgan fingerprint density at radius 2 is 1.89 bits per heavy atom. The van der Waals surface area contributed by atoms with Crippen molar-refractivity contribution in [1.29, 1.82) is 0 Å². The van der Waals surface area contributed by atoms with Crippen molar-refractivity contribution in [2.75, 3.05) is 26.2 Å². The van der Waals surface area contributed by atoms with Gasteiger partial charge in [0.2, 0.25) is 5.91 Å². The first-order valence-corrected chi connectivity index (χ1v) is 10.1. The van der Waals surface area contributed by atoms with Crippen LogP contribution in [-0.2, 0) is 11.2 Å². The molecule has 0 aliphatic carbocycles. The smallest absolute Gasteiger partial charge is 0.236 e. The zero-order valence-electron chi connectivity index (χ0n) is 16.8. The molecule has 3 rings (SSSR count). The lowest BCUT2D eigenvalue weighted by molar-refractivity contribution is -0.132. The van der Waals surface area contributed by atoms with Crippen molar-refractivity contribution in [2.45, 2.75) is 46.1 Å². The van der Waals surface area contributed by atoms with Crippen LogP contribution in [0.1, 0.15) is 55.2 Å². The number of hydrogen-bond acceptors (Lipinski definition) is 3. The maximum atomic E-state index is 12.5. The van der Waals surface area contributed by atoms with Crippen molar-refractivity contribution < 1.29 is 4.79 Å². The Kier molecular flexibility index (Phi) is 6.62. The monoisotopic (exact) mass is 365 g/mol. The van der Waals surface area contributed by atoms with Gasteiger partial charge in [0.25, 0.3) is 0 Å². The number of carbonyl (C=O) groups excluding carboxylic acids is 1. The molecule has 1 atom stereocenters. The van der Waals surface area contributed by atoms with Crippen molar-refractivity contribution in [3.63, 3.8) is 0 Å². The molecule has 0 bridgehead atoms. The number of hydrogen-bond donors (Lipinski definition) is 0. The lowest BCUT2D eigenvalue weighted by Gasteiger charge is -2.27. The second-order valence-corrected chi connectivity index (χ2v) is 7.41. The van der Waals surface area contributed by atoms with E-state index in [0.717, 1.165) is 50.3 Å². The summed E-state index contributed by atoms with van der Waals surface area (Å²) < 4.78 is 0. The molecule has 2 heterocycles. The van der Waals surface area contributed by atoms with E-state index in [0.29, 0.717) is 6.54 Å². The predicted molar refractivity (Wildman–Crippen MR) is 110 cm³/mol. The van der Waals surface area contributed by atoms with E-state index in [1.165, 1.54) is 11.1 Å². The van der Waals surface area contributed by atoms with Gasteiger partial charge in [-0.05, 0) is 57.9 Å². The van der Waals surface area contributed by atoms with Crippen LogP contribution in [0.5, 0.6) is 0 Å². The Morgan fingerprint density at radius 3 is 2.59 bits per heavy atom. The summed E-state index contributed by atoms with van der Waals surface area (Å²) in [4.78, 5) is 21.7. The van der Waals surface area contributed by atoms with Gasteiger partial charge in [0.05, 0.1) is 18.3 Å². The fourth-order valence-electron chi connectivity index (χ4n) is 3.90. The Balaban J connectivity index is 1.71. The quantitative estimate of drug-likeness (QED) is 0.744. The highest BCUT2D eigenvalue weighted by atomic mass is 16.2.